The SMILES string of the molecule is CC(C)Oc1ccc2c(c1)[C@@H](N)CC2(C)C. The maximum atomic E-state index is 6.17. The fourth-order valence-electron chi connectivity index (χ4n) is 2.58. The molecule has 0 radical (unpaired) electrons. The highest BCUT2D eigenvalue weighted by molar-refractivity contribution is 5.45. The van der Waals surface area contributed by atoms with Gasteiger partial charge in [-0.1, -0.05) is 19.9 Å². The van der Waals surface area contributed by atoms with Crippen molar-refractivity contribution in [2.45, 2.75) is 51.7 Å². The van der Waals surface area contributed by atoms with Gasteiger partial charge in [0.15, 0.2) is 0 Å². The molecule has 0 amide bonds. The van der Waals surface area contributed by atoms with Crippen LogP contribution in [-0.2, 0) is 5.41 Å². The lowest BCUT2D eigenvalue weighted by atomic mass is 9.86. The lowest BCUT2D eigenvalue weighted by Crippen LogP contribution is -2.14. The van der Waals surface area contributed by atoms with Crippen molar-refractivity contribution in [3.05, 3.63) is 29.3 Å². The van der Waals surface area contributed by atoms with E-state index in [0.717, 1.165) is 12.2 Å². The molecule has 1 aliphatic rings. The molecule has 2 rings (SSSR count). The third-order valence-electron chi connectivity index (χ3n) is 3.25. The van der Waals surface area contributed by atoms with Crippen molar-refractivity contribution in [1.82, 2.24) is 0 Å². The largest absolute Gasteiger partial charge is 0.491 e. The van der Waals surface area contributed by atoms with Crippen molar-refractivity contribution in [3.8, 4) is 5.75 Å². The first-order valence-electron chi connectivity index (χ1n) is 5.97. The summed E-state index contributed by atoms with van der Waals surface area (Å²) in [5.74, 6) is 0.932. The molecule has 0 unspecified atom stereocenters. The predicted octanol–water partition coefficient (Wildman–Crippen LogP) is 3.15. The Hall–Kier alpha value is -1.02. The minimum atomic E-state index is 0.153. The highest BCUT2D eigenvalue weighted by Gasteiger charge is 2.35. The van der Waals surface area contributed by atoms with Gasteiger partial charge in [-0.25, -0.2) is 0 Å². The van der Waals surface area contributed by atoms with Crippen LogP contribution in [0.2, 0.25) is 0 Å². The number of nitrogens with two attached hydrogens (primary N) is 1. The number of rotatable bonds is 2. The van der Waals surface area contributed by atoms with E-state index < -0.39 is 0 Å². The van der Waals surface area contributed by atoms with Crippen molar-refractivity contribution in [2.75, 3.05) is 0 Å². The Balaban J connectivity index is 2.37. The summed E-state index contributed by atoms with van der Waals surface area (Å²) in [5.41, 5.74) is 8.99. The van der Waals surface area contributed by atoms with Crippen LogP contribution >= 0.6 is 0 Å². The van der Waals surface area contributed by atoms with Crippen LogP contribution < -0.4 is 10.5 Å². The molecule has 2 nitrogen and oxygen atoms in total. The van der Waals surface area contributed by atoms with Crippen LogP contribution in [0.4, 0.5) is 0 Å². The van der Waals surface area contributed by atoms with Gasteiger partial charge in [0.05, 0.1) is 6.10 Å². The summed E-state index contributed by atoms with van der Waals surface area (Å²) in [6, 6.07) is 6.48. The van der Waals surface area contributed by atoms with E-state index in [0.29, 0.717) is 0 Å². The normalized spacial score (nSPS) is 22.2. The van der Waals surface area contributed by atoms with Crippen LogP contribution in [-0.4, -0.2) is 6.10 Å². The summed E-state index contributed by atoms with van der Waals surface area (Å²) in [7, 11) is 0. The molecule has 0 heterocycles. The zero-order chi connectivity index (χ0) is 11.9. The van der Waals surface area contributed by atoms with E-state index in [9.17, 15) is 0 Å². The Kier molecular flexibility index (Phi) is 2.70. The molecule has 1 aliphatic carbocycles. The van der Waals surface area contributed by atoms with Crippen molar-refractivity contribution in [2.24, 2.45) is 5.73 Å². The van der Waals surface area contributed by atoms with Gasteiger partial charge in [0.1, 0.15) is 5.75 Å². The van der Waals surface area contributed by atoms with Gasteiger partial charge in [-0.2, -0.15) is 0 Å². The Bertz CT molecular complexity index is 396. The molecule has 1 atom stereocenters. The van der Waals surface area contributed by atoms with Crippen molar-refractivity contribution < 1.29 is 4.74 Å². The zero-order valence-electron chi connectivity index (χ0n) is 10.6. The number of ether oxygens (including phenoxy) is 1. The number of hydrogen-bond acceptors (Lipinski definition) is 2. The molecular weight excluding hydrogens is 198 g/mol. The Morgan fingerprint density at radius 1 is 1.38 bits per heavy atom. The molecule has 0 bridgehead atoms. The predicted molar refractivity (Wildman–Crippen MR) is 66.8 cm³/mol. The average Bonchev–Trinajstić information content (AvgIpc) is 2.36. The van der Waals surface area contributed by atoms with Crippen LogP contribution in [0.5, 0.6) is 5.75 Å². The van der Waals surface area contributed by atoms with E-state index >= 15 is 0 Å². The van der Waals surface area contributed by atoms with E-state index in [-0.39, 0.29) is 17.6 Å². The number of hydrogen-bond donors (Lipinski definition) is 1. The fourth-order valence-corrected chi connectivity index (χ4v) is 2.58. The lowest BCUT2D eigenvalue weighted by Gasteiger charge is -2.19. The molecule has 16 heavy (non-hydrogen) atoms. The first-order valence-corrected chi connectivity index (χ1v) is 5.97. The zero-order valence-corrected chi connectivity index (χ0v) is 10.6. The van der Waals surface area contributed by atoms with Crippen molar-refractivity contribution >= 4 is 0 Å². The van der Waals surface area contributed by atoms with Gasteiger partial charge in [0, 0.05) is 6.04 Å². The van der Waals surface area contributed by atoms with Crippen LogP contribution in [0.15, 0.2) is 18.2 Å². The van der Waals surface area contributed by atoms with Crippen LogP contribution in [0.3, 0.4) is 0 Å². The summed E-state index contributed by atoms with van der Waals surface area (Å²) in [5, 5.41) is 0. The smallest absolute Gasteiger partial charge is 0.120 e. The average molecular weight is 219 g/mol. The molecule has 1 aromatic carbocycles. The van der Waals surface area contributed by atoms with Gasteiger partial charge >= 0.3 is 0 Å². The van der Waals surface area contributed by atoms with E-state index in [4.69, 9.17) is 10.5 Å². The Morgan fingerprint density at radius 3 is 2.69 bits per heavy atom. The summed E-state index contributed by atoms with van der Waals surface area (Å²) < 4.78 is 5.70. The van der Waals surface area contributed by atoms with E-state index in [1.54, 1.807) is 0 Å². The highest BCUT2D eigenvalue weighted by atomic mass is 16.5. The second-order valence-electron chi connectivity index (χ2n) is 5.61. The minimum Gasteiger partial charge on any atom is -0.491 e. The molecule has 0 fully saturated rings. The molecule has 0 saturated heterocycles. The Labute approximate surface area is 97.8 Å². The first-order chi connectivity index (χ1) is 7.40. The van der Waals surface area contributed by atoms with Gasteiger partial charge in [0.25, 0.3) is 0 Å². The van der Waals surface area contributed by atoms with Crippen molar-refractivity contribution in [1.29, 1.82) is 0 Å². The van der Waals surface area contributed by atoms with Gasteiger partial charge < -0.3 is 10.5 Å². The monoisotopic (exact) mass is 219 g/mol. The molecule has 1 aromatic rings. The molecule has 0 aromatic heterocycles. The maximum Gasteiger partial charge on any atom is 0.120 e. The Morgan fingerprint density at radius 2 is 2.06 bits per heavy atom. The number of benzene rings is 1. The van der Waals surface area contributed by atoms with E-state index in [2.05, 4.69) is 32.0 Å². The van der Waals surface area contributed by atoms with Crippen LogP contribution in [0.25, 0.3) is 0 Å². The van der Waals surface area contributed by atoms with Gasteiger partial charge in [-0.15, -0.1) is 0 Å². The third-order valence-corrected chi connectivity index (χ3v) is 3.25. The topological polar surface area (TPSA) is 35.2 Å². The first kappa shape index (κ1) is 11.5. The lowest BCUT2D eigenvalue weighted by molar-refractivity contribution is 0.242. The van der Waals surface area contributed by atoms with Crippen LogP contribution in [0.1, 0.15) is 51.3 Å². The second-order valence-corrected chi connectivity index (χ2v) is 5.61. The molecule has 2 heteroatoms. The summed E-state index contributed by atoms with van der Waals surface area (Å²) in [6.07, 6.45) is 1.23. The van der Waals surface area contributed by atoms with Gasteiger partial charge in [0.2, 0.25) is 0 Å². The van der Waals surface area contributed by atoms with Crippen molar-refractivity contribution in [3.63, 3.8) is 0 Å². The van der Waals surface area contributed by atoms with Gasteiger partial charge in [-0.3, -0.25) is 0 Å². The quantitative estimate of drug-likeness (QED) is 0.829. The molecule has 0 saturated carbocycles. The maximum absolute atomic E-state index is 6.17. The van der Waals surface area contributed by atoms with E-state index in [1.807, 2.05) is 13.8 Å². The standard InChI is InChI=1S/C14H21NO/c1-9(2)16-10-5-6-12-11(7-10)13(15)8-14(12,3)4/h5-7,9,13H,8,15H2,1-4H3/t13-/m0/s1. The van der Waals surface area contributed by atoms with Crippen LogP contribution in [0, 0.1) is 0 Å². The minimum absolute atomic E-state index is 0.153. The molecule has 0 aliphatic heterocycles. The molecule has 0 spiro atoms. The number of fused-ring (bicyclic) bond motifs is 1. The summed E-state index contributed by atoms with van der Waals surface area (Å²) >= 11 is 0. The molecule has 88 valence electrons. The second kappa shape index (κ2) is 3.77. The fraction of sp³-hybridized carbons (Fsp3) is 0.571. The summed E-state index contributed by atoms with van der Waals surface area (Å²) in [4.78, 5) is 0. The molecular formula is C14H21NO. The van der Waals surface area contributed by atoms with E-state index in [1.165, 1.54) is 11.1 Å². The third kappa shape index (κ3) is 1.94. The highest BCUT2D eigenvalue weighted by Crippen LogP contribution is 2.44. The summed E-state index contributed by atoms with van der Waals surface area (Å²) in [6.45, 7) is 8.58. The van der Waals surface area contributed by atoms with Gasteiger partial charge in [-0.05, 0) is 48.9 Å². The molecule has 2 N–H and O–H groups in total.